The second-order valence-corrected chi connectivity index (χ2v) is 7.24. The van der Waals surface area contributed by atoms with Gasteiger partial charge in [-0.15, -0.1) is 0 Å². The van der Waals surface area contributed by atoms with Crippen LogP contribution in [0.2, 0.25) is 0 Å². The number of oxazole rings is 1. The summed E-state index contributed by atoms with van der Waals surface area (Å²) >= 11 is 0. The van der Waals surface area contributed by atoms with Crippen molar-refractivity contribution in [3.05, 3.63) is 78.1 Å². The van der Waals surface area contributed by atoms with Gasteiger partial charge < -0.3 is 14.8 Å². The number of benzene rings is 2. The van der Waals surface area contributed by atoms with Crippen LogP contribution in [0.5, 0.6) is 5.75 Å². The number of phenols is 1. The van der Waals surface area contributed by atoms with Crippen LogP contribution < -0.4 is 5.32 Å². The van der Waals surface area contributed by atoms with Crippen molar-refractivity contribution in [2.45, 2.75) is 19.8 Å². The number of aromatic hydroxyl groups is 1. The Morgan fingerprint density at radius 2 is 1.93 bits per heavy atom. The molecule has 2 aromatic carbocycles. The number of carbonyl (C=O) groups excluding carboxylic acids is 1. The van der Waals surface area contributed by atoms with Gasteiger partial charge in [0.1, 0.15) is 11.3 Å². The average molecular weight is 399 g/mol. The molecule has 0 radical (unpaired) electrons. The number of amides is 1. The van der Waals surface area contributed by atoms with Gasteiger partial charge in [-0.25, -0.2) is 4.98 Å². The Balaban J connectivity index is 1.50. The minimum Gasteiger partial charge on any atom is -0.507 e. The molecular weight excluding hydrogens is 378 g/mol. The summed E-state index contributed by atoms with van der Waals surface area (Å²) in [5.74, 6) is 0.453. The van der Waals surface area contributed by atoms with Gasteiger partial charge in [-0.05, 0) is 41.3 Å². The molecule has 6 heteroatoms. The number of carbonyl (C=O) groups is 1. The average Bonchev–Trinajstić information content (AvgIpc) is 3.18. The molecule has 2 N–H and O–H groups in total. The zero-order chi connectivity index (χ0) is 21.1. The molecule has 0 bridgehead atoms. The molecule has 2 aromatic heterocycles. The molecule has 0 saturated heterocycles. The molecule has 0 fully saturated rings. The van der Waals surface area contributed by atoms with Crippen molar-refractivity contribution >= 4 is 28.8 Å². The fraction of sp³-hybridized carbons (Fsp3) is 0.125. The number of nitrogens with one attached hydrogen (secondary N) is 1. The molecule has 0 unspecified atom stereocenters. The first-order chi connectivity index (χ1) is 14.5. The minimum absolute atomic E-state index is 0.00768. The summed E-state index contributed by atoms with van der Waals surface area (Å²) in [7, 11) is 0. The maximum absolute atomic E-state index is 12.3. The fourth-order valence-corrected chi connectivity index (χ4v) is 3.03. The van der Waals surface area contributed by atoms with Crippen LogP contribution in [0.25, 0.3) is 28.6 Å². The van der Waals surface area contributed by atoms with E-state index in [4.69, 9.17) is 4.42 Å². The Morgan fingerprint density at radius 1 is 1.13 bits per heavy atom. The first-order valence-electron chi connectivity index (χ1n) is 9.62. The van der Waals surface area contributed by atoms with Crippen LogP contribution in [-0.2, 0) is 4.79 Å². The van der Waals surface area contributed by atoms with Gasteiger partial charge in [0.15, 0.2) is 5.58 Å². The van der Waals surface area contributed by atoms with Crippen LogP contribution in [0.3, 0.4) is 0 Å². The van der Waals surface area contributed by atoms with Crippen LogP contribution >= 0.6 is 0 Å². The third-order valence-electron chi connectivity index (χ3n) is 4.71. The van der Waals surface area contributed by atoms with Crippen molar-refractivity contribution < 1.29 is 14.3 Å². The number of aromatic nitrogens is 2. The van der Waals surface area contributed by atoms with E-state index < -0.39 is 0 Å². The maximum Gasteiger partial charge on any atom is 0.248 e. The standard InChI is InChI=1S/C24H21N3O3/c1-15(2)17-6-3-16(4-7-17)5-10-23(29)26-18-8-9-21(28)19(13-18)24-27-20-14-25-12-11-22(20)30-24/h3-15,28H,1-2H3,(H,26,29). The number of hydrogen-bond acceptors (Lipinski definition) is 5. The number of fused-ring (bicyclic) bond motifs is 1. The lowest BCUT2D eigenvalue weighted by molar-refractivity contribution is -0.111. The molecule has 0 saturated carbocycles. The van der Waals surface area contributed by atoms with Crippen LogP contribution in [0.4, 0.5) is 5.69 Å². The van der Waals surface area contributed by atoms with E-state index in [9.17, 15) is 9.90 Å². The van der Waals surface area contributed by atoms with Gasteiger partial charge >= 0.3 is 0 Å². The predicted molar refractivity (Wildman–Crippen MR) is 117 cm³/mol. The lowest BCUT2D eigenvalue weighted by atomic mass is 10.0. The fourth-order valence-electron chi connectivity index (χ4n) is 3.03. The van der Waals surface area contributed by atoms with E-state index in [1.807, 2.05) is 12.1 Å². The van der Waals surface area contributed by atoms with Crippen LogP contribution in [0.1, 0.15) is 30.9 Å². The van der Waals surface area contributed by atoms with Crippen molar-refractivity contribution in [2.24, 2.45) is 0 Å². The molecule has 30 heavy (non-hydrogen) atoms. The number of hydrogen-bond donors (Lipinski definition) is 2. The van der Waals surface area contributed by atoms with Crippen molar-refractivity contribution in [3.63, 3.8) is 0 Å². The Kier molecular flexibility index (Phi) is 5.30. The van der Waals surface area contributed by atoms with Gasteiger partial charge in [-0.1, -0.05) is 38.1 Å². The Hall–Kier alpha value is -3.93. The minimum atomic E-state index is -0.277. The molecule has 4 rings (SSSR count). The number of rotatable bonds is 5. The highest BCUT2D eigenvalue weighted by atomic mass is 16.3. The molecule has 0 aliphatic heterocycles. The highest BCUT2D eigenvalue weighted by Gasteiger charge is 2.13. The topological polar surface area (TPSA) is 88.2 Å². The van der Waals surface area contributed by atoms with E-state index in [2.05, 4.69) is 41.3 Å². The molecule has 2 heterocycles. The van der Waals surface area contributed by atoms with Gasteiger partial charge in [0.05, 0.1) is 11.8 Å². The number of phenolic OH excluding ortho intramolecular Hbond substituents is 1. The quantitative estimate of drug-likeness (QED) is 0.348. The highest BCUT2D eigenvalue weighted by Crippen LogP contribution is 2.33. The molecular formula is C24H21N3O3. The van der Waals surface area contributed by atoms with Gasteiger partial charge in [0.2, 0.25) is 11.8 Å². The molecule has 4 aromatic rings. The first-order valence-corrected chi connectivity index (χ1v) is 9.62. The molecule has 150 valence electrons. The monoisotopic (exact) mass is 399 g/mol. The molecule has 1 amide bonds. The summed E-state index contributed by atoms with van der Waals surface area (Å²) < 4.78 is 5.69. The van der Waals surface area contributed by atoms with Gasteiger partial charge in [0.25, 0.3) is 0 Å². The summed E-state index contributed by atoms with van der Waals surface area (Å²) in [6.45, 7) is 4.28. The van der Waals surface area contributed by atoms with Crippen molar-refractivity contribution in [1.29, 1.82) is 0 Å². The zero-order valence-corrected chi connectivity index (χ0v) is 16.7. The lowest BCUT2D eigenvalue weighted by Gasteiger charge is -2.06. The largest absolute Gasteiger partial charge is 0.507 e. The van der Waals surface area contributed by atoms with Crippen molar-refractivity contribution in [1.82, 2.24) is 9.97 Å². The van der Waals surface area contributed by atoms with Gasteiger partial charge in [-0.2, -0.15) is 0 Å². The second-order valence-electron chi connectivity index (χ2n) is 7.24. The SMILES string of the molecule is CC(C)c1ccc(C=CC(=O)Nc2ccc(O)c(-c3nc4cnccc4o3)c2)cc1. The molecule has 0 spiro atoms. The van der Waals surface area contributed by atoms with Crippen molar-refractivity contribution in [3.8, 4) is 17.2 Å². The zero-order valence-electron chi connectivity index (χ0n) is 16.7. The van der Waals surface area contributed by atoms with E-state index in [-0.39, 0.29) is 17.5 Å². The summed E-state index contributed by atoms with van der Waals surface area (Å²) in [5, 5.41) is 13.0. The van der Waals surface area contributed by atoms with Gasteiger partial charge in [0, 0.05) is 24.0 Å². The van der Waals surface area contributed by atoms with E-state index in [1.165, 1.54) is 17.7 Å². The summed E-state index contributed by atoms with van der Waals surface area (Å²) in [6.07, 6.45) is 6.43. The Labute approximate surface area is 173 Å². The first kappa shape index (κ1) is 19.4. The predicted octanol–water partition coefficient (Wildman–Crippen LogP) is 5.37. The third-order valence-corrected chi connectivity index (χ3v) is 4.71. The smallest absolute Gasteiger partial charge is 0.248 e. The van der Waals surface area contributed by atoms with Crippen LogP contribution in [-0.4, -0.2) is 21.0 Å². The molecule has 0 aliphatic rings. The molecule has 0 aliphatic carbocycles. The van der Waals surface area contributed by atoms with Gasteiger partial charge in [-0.3, -0.25) is 9.78 Å². The second kappa shape index (κ2) is 8.21. The normalized spacial score (nSPS) is 11.4. The Morgan fingerprint density at radius 3 is 2.67 bits per heavy atom. The highest BCUT2D eigenvalue weighted by molar-refractivity contribution is 6.02. The summed E-state index contributed by atoms with van der Waals surface area (Å²) in [4.78, 5) is 20.7. The van der Waals surface area contributed by atoms with Crippen LogP contribution in [0, 0.1) is 0 Å². The van der Waals surface area contributed by atoms with Crippen molar-refractivity contribution in [2.75, 3.05) is 5.32 Å². The number of pyridine rings is 1. The van der Waals surface area contributed by atoms with E-state index in [0.29, 0.717) is 28.3 Å². The van der Waals surface area contributed by atoms with E-state index in [0.717, 1.165) is 5.56 Å². The molecule has 6 nitrogen and oxygen atoms in total. The van der Waals surface area contributed by atoms with Crippen LogP contribution in [0.15, 0.2) is 71.4 Å². The lowest BCUT2D eigenvalue weighted by Crippen LogP contribution is -2.07. The maximum atomic E-state index is 12.3. The van der Waals surface area contributed by atoms with E-state index in [1.54, 1.807) is 36.7 Å². The van der Waals surface area contributed by atoms with E-state index >= 15 is 0 Å². The summed E-state index contributed by atoms with van der Waals surface area (Å²) in [6, 6.07) is 14.5. The number of nitrogens with zero attached hydrogens (tertiary/aromatic N) is 2. The Bertz CT molecular complexity index is 1190. The third kappa shape index (κ3) is 4.22. The summed E-state index contributed by atoms with van der Waals surface area (Å²) in [5.41, 5.74) is 4.27. The number of anilines is 1. The molecule has 0 atom stereocenters.